The molecule has 0 aliphatic rings. The summed E-state index contributed by atoms with van der Waals surface area (Å²) in [6.07, 6.45) is 11.2. The molecule has 2 aromatic heterocycles. The summed E-state index contributed by atoms with van der Waals surface area (Å²) in [5, 5.41) is 14.8. The Bertz CT molecular complexity index is 1150. The number of aryl methyl sites for hydroxylation is 2. The lowest BCUT2D eigenvalue weighted by Crippen LogP contribution is -2.27. The lowest BCUT2D eigenvalue weighted by molar-refractivity contribution is -0.159. The Morgan fingerprint density at radius 2 is 1.42 bits per heavy atom. The van der Waals surface area contributed by atoms with Crippen LogP contribution in [0.4, 0.5) is 0 Å². The van der Waals surface area contributed by atoms with Crippen molar-refractivity contribution in [3.8, 4) is 0 Å². The van der Waals surface area contributed by atoms with Gasteiger partial charge in [0.15, 0.2) is 0 Å². The minimum absolute atomic E-state index is 0.127. The molecule has 38 heavy (non-hydrogen) atoms. The molecule has 7 nitrogen and oxygen atoms in total. The molecule has 0 saturated carbocycles. The minimum atomic E-state index is -1.82. The second-order valence-corrected chi connectivity index (χ2v) is 9.55. The topological polar surface area (TPSA) is 99.3 Å². The van der Waals surface area contributed by atoms with Crippen LogP contribution in [-0.4, -0.2) is 56.9 Å². The fourth-order valence-electron chi connectivity index (χ4n) is 4.49. The average Bonchev–Trinajstić information content (AvgIpc) is 3.29. The van der Waals surface area contributed by atoms with Crippen molar-refractivity contribution in [2.24, 2.45) is 0 Å². The van der Waals surface area contributed by atoms with Gasteiger partial charge in [-0.05, 0) is 87.5 Å². The number of aliphatic carboxylic acids is 2. The molecule has 0 bridgehead atoms. The Kier molecular flexibility index (Phi) is 13.3. The van der Waals surface area contributed by atoms with Gasteiger partial charge in [0, 0.05) is 17.3 Å². The molecule has 0 atom stereocenters. The fourth-order valence-corrected chi connectivity index (χ4v) is 4.49. The van der Waals surface area contributed by atoms with E-state index in [0.717, 1.165) is 54.6 Å². The minimum Gasteiger partial charge on any atom is -0.473 e. The molecular formula is C31H42N2O5. The first-order valence-corrected chi connectivity index (χ1v) is 13.7. The van der Waals surface area contributed by atoms with Gasteiger partial charge < -0.3 is 19.5 Å². The predicted octanol–water partition coefficient (Wildman–Crippen LogP) is 6.11. The summed E-state index contributed by atoms with van der Waals surface area (Å²) in [5.41, 5.74) is 5.19. The van der Waals surface area contributed by atoms with Crippen LogP contribution in [0.25, 0.3) is 5.52 Å². The Morgan fingerprint density at radius 3 is 2.03 bits per heavy atom. The van der Waals surface area contributed by atoms with E-state index < -0.39 is 11.9 Å². The number of unbranched alkanes of at least 4 members (excludes halogenated alkanes) is 2. The number of benzene rings is 1. The third-order valence-electron chi connectivity index (χ3n) is 6.48. The molecule has 3 rings (SSSR count). The number of carboxylic acids is 2. The highest BCUT2D eigenvalue weighted by atomic mass is 16.4. The molecule has 0 saturated heterocycles. The van der Waals surface area contributed by atoms with Crippen LogP contribution >= 0.6 is 0 Å². The van der Waals surface area contributed by atoms with E-state index in [4.69, 9.17) is 19.8 Å². The highest BCUT2D eigenvalue weighted by Crippen LogP contribution is 2.22. The summed E-state index contributed by atoms with van der Waals surface area (Å²) >= 11 is 0. The second-order valence-electron chi connectivity index (χ2n) is 9.55. The summed E-state index contributed by atoms with van der Waals surface area (Å²) in [7, 11) is 0. The van der Waals surface area contributed by atoms with Crippen LogP contribution in [0.5, 0.6) is 0 Å². The molecule has 1 aromatic carbocycles. The molecular weight excluding hydrogens is 480 g/mol. The van der Waals surface area contributed by atoms with E-state index in [1.165, 1.54) is 44.3 Å². The maximum Gasteiger partial charge on any atom is 0.414 e. The number of carbonyl (C=O) groups excluding carboxylic acids is 1. The van der Waals surface area contributed by atoms with E-state index in [-0.39, 0.29) is 5.78 Å². The maximum absolute atomic E-state index is 13.5. The lowest BCUT2D eigenvalue weighted by atomic mass is 10.00. The first-order valence-electron chi connectivity index (χ1n) is 13.7. The zero-order chi connectivity index (χ0) is 27.9. The molecule has 0 aliphatic heterocycles. The number of hydrogen-bond acceptors (Lipinski definition) is 4. The number of hydrogen-bond donors (Lipinski definition) is 2. The Balaban J connectivity index is 0.000000757. The molecule has 2 N–H and O–H groups in total. The second kappa shape index (κ2) is 16.4. The molecule has 0 spiro atoms. The van der Waals surface area contributed by atoms with Crippen molar-refractivity contribution in [2.75, 3.05) is 19.6 Å². The summed E-state index contributed by atoms with van der Waals surface area (Å²) in [4.78, 5) is 34.3. The SMILES string of the molecule is CCCCc1cc2ccccn2c1C(=O)c1ccc(CCCN(CCC)CCCC)cc1.O=C(O)C(=O)O. The van der Waals surface area contributed by atoms with Gasteiger partial charge in [-0.25, -0.2) is 9.59 Å². The van der Waals surface area contributed by atoms with Crippen molar-refractivity contribution in [2.45, 2.75) is 72.1 Å². The van der Waals surface area contributed by atoms with Crippen molar-refractivity contribution in [3.63, 3.8) is 0 Å². The summed E-state index contributed by atoms with van der Waals surface area (Å²) in [6.45, 7) is 10.3. The van der Waals surface area contributed by atoms with Gasteiger partial charge in [-0.2, -0.15) is 0 Å². The van der Waals surface area contributed by atoms with Crippen molar-refractivity contribution in [1.82, 2.24) is 9.30 Å². The Labute approximate surface area is 226 Å². The van der Waals surface area contributed by atoms with Gasteiger partial charge >= 0.3 is 11.9 Å². The standard InChI is InChI=1S/C29H40N2O.C2H2O4/c1-4-7-13-26-23-27-14-9-10-22-31(27)28(26)29(32)25-17-15-24(16-18-25)12-11-21-30(19-6-3)20-8-5-2;3-1(4)2(5)6/h9-10,14-18,22-23H,4-8,11-13,19-21H2,1-3H3;(H,3,4)(H,5,6). The molecule has 0 aliphatic carbocycles. The van der Waals surface area contributed by atoms with Crippen LogP contribution in [0, 0.1) is 0 Å². The molecule has 0 unspecified atom stereocenters. The number of nitrogens with zero attached hydrogens (tertiary/aromatic N) is 2. The molecule has 7 heteroatoms. The van der Waals surface area contributed by atoms with Crippen LogP contribution in [0.2, 0.25) is 0 Å². The van der Waals surface area contributed by atoms with Crippen LogP contribution < -0.4 is 0 Å². The molecule has 0 fully saturated rings. The molecule has 206 valence electrons. The van der Waals surface area contributed by atoms with Crippen molar-refractivity contribution in [3.05, 3.63) is 77.1 Å². The highest BCUT2D eigenvalue weighted by molar-refractivity contribution is 6.27. The molecule has 2 heterocycles. The zero-order valence-electron chi connectivity index (χ0n) is 23.0. The van der Waals surface area contributed by atoms with Gasteiger partial charge in [-0.15, -0.1) is 0 Å². The van der Waals surface area contributed by atoms with Gasteiger partial charge in [0.05, 0.1) is 5.69 Å². The van der Waals surface area contributed by atoms with E-state index in [1.807, 2.05) is 30.5 Å². The van der Waals surface area contributed by atoms with E-state index in [1.54, 1.807) is 0 Å². The third kappa shape index (κ3) is 9.45. The van der Waals surface area contributed by atoms with Gasteiger partial charge in [0.1, 0.15) is 0 Å². The van der Waals surface area contributed by atoms with Crippen molar-refractivity contribution >= 4 is 23.2 Å². The monoisotopic (exact) mass is 522 g/mol. The summed E-state index contributed by atoms with van der Waals surface area (Å²) < 4.78 is 2.06. The van der Waals surface area contributed by atoms with Gasteiger partial charge in [0.2, 0.25) is 5.78 Å². The molecule has 0 radical (unpaired) electrons. The number of carbonyl (C=O) groups is 3. The summed E-state index contributed by atoms with van der Waals surface area (Å²) in [6, 6.07) is 16.6. The van der Waals surface area contributed by atoms with E-state index in [9.17, 15) is 4.79 Å². The Hall–Kier alpha value is -3.45. The fraction of sp³-hybridized carbons (Fsp3) is 0.452. The average molecular weight is 523 g/mol. The zero-order valence-corrected chi connectivity index (χ0v) is 23.0. The smallest absolute Gasteiger partial charge is 0.414 e. The first kappa shape index (κ1) is 30.8. The number of pyridine rings is 1. The van der Waals surface area contributed by atoms with Crippen LogP contribution in [-0.2, 0) is 22.4 Å². The maximum atomic E-state index is 13.5. The van der Waals surface area contributed by atoms with Crippen LogP contribution in [0.3, 0.4) is 0 Å². The van der Waals surface area contributed by atoms with E-state index in [2.05, 4.69) is 54.3 Å². The number of aromatic nitrogens is 1. The number of rotatable bonds is 14. The van der Waals surface area contributed by atoms with Crippen LogP contribution in [0.15, 0.2) is 54.7 Å². The van der Waals surface area contributed by atoms with Crippen molar-refractivity contribution in [1.29, 1.82) is 0 Å². The van der Waals surface area contributed by atoms with Gasteiger partial charge in [-0.1, -0.05) is 63.9 Å². The van der Waals surface area contributed by atoms with E-state index >= 15 is 0 Å². The van der Waals surface area contributed by atoms with Crippen LogP contribution in [0.1, 0.15) is 86.5 Å². The number of fused-ring (bicyclic) bond motifs is 1. The number of ketones is 1. The Morgan fingerprint density at radius 1 is 0.763 bits per heavy atom. The normalized spacial score (nSPS) is 10.8. The first-order chi connectivity index (χ1) is 18.3. The summed E-state index contributed by atoms with van der Waals surface area (Å²) in [5.74, 6) is -3.52. The number of carboxylic acid groups (broad SMARTS) is 2. The quantitative estimate of drug-likeness (QED) is 0.196. The molecule has 0 amide bonds. The van der Waals surface area contributed by atoms with Crippen molar-refractivity contribution < 1.29 is 24.6 Å². The molecule has 3 aromatic rings. The van der Waals surface area contributed by atoms with E-state index in [0.29, 0.717) is 0 Å². The largest absolute Gasteiger partial charge is 0.473 e. The van der Waals surface area contributed by atoms with Gasteiger partial charge in [-0.3, -0.25) is 4.79 Å². The third-order valence-corrected chi connectivity index (χ3v) is 6.48. The lowest BCUT2D eigenvalue weighted by Gasteiger charge is -2.21. The van der Waals surface area contributed by atoms with Gasteiger partial charge in [0.25, 0.3) is 0 Å². The highest BCUT2D eigenvalue weighted by Gasteiger charge is 2.18. The predicted molar refractivity (Wildman–Crippen MR) is 151 cm³/mol.